The Morgan fingerprint density at radius 3 is 2.57 bits per heavy atom. The second kappa shape index (κ2) is 5.28. The zero-order valence-corrected chi connectivity index (χ0v) is 9.08. The maximum absolute atomic E-state index is 10.1. The Bertz CT molecular complexity index is 217. The number of isocyanates is 1. The van der Waals surface area contributed by atoms with Crippen molar-refractivity contribution in [2.45, 2.75) is 44.6 Å². The molecule has 1 rings (SSSR count). The topological polar surface area (TPSA) is 38.7 Å². The molecule has 1 unspecified atom stereocenters. The lowest BCUT2D eigenvalue weighted by atomic mass is 9.77. The molecule has 1 saturated carbocycles. The molecule has 0 saturated heterocycles. The minimum atomic E-state index is -0.266. The maximum atomic E-state index is 10.1. The number of ether oxygens (including phenoxy) is 1. The first kappa shape index (κ1) is 11.4. The molecule has 80 valence electrons. The molecule has 1 aliphatic carbocycles. The van der Waals surface area contributed by atoms with Crippen LogP contribution in [0.1, 0.15) is 39.0 Å². The Morgan fingerprint density at radius 2 is 2.07 bits per heavy atom. The van der Waals surface area contributed by atoms with Gasteiger partial charge in [-0.25, -0.2) is 9.79 Å². The van der Waals surface area contributed by atoms with Crippen LogP contribution < -0.4 is 0 Å². The Kier molecular flexibility index (Phi) is 4.30. The lowest BCUT2D eigenvalue weighted by Gasteiger charge is -2.37. The number of carbonyl (C=O) groups excluding carboxylic acids is 1. The van der Waals surface area contributed by atoms with E-state index in [4.69, 9.17) is 4.74 Å². The Morgan fingerprint density at radius 1 is 1.43 bits per heavy atom. The molecule has 0 radical (unpaired) electrons. The van der Waals surface area contributed by atoms with E-state index in [1.807, 2.05) is 6.92 Å². The fourth-order valence-corrected chi connectivity index (χ4v) is 2.26. The van der Waals surface area contributed by atoms with E-state index in [-0.39, 0.29) is 5.60 Å². The first-order chi connectivity index (χ1) is 6.73. The predicted molar refractivity (Wildman–Crippen MR) is 55.0 cm³/mol. The molecule has 0 aromatic heterocycles. The number of hydrogen-bond acceptors (Lipinski definition) is 3. The van der Waals surface area contributed by atoms with Gasteiger partial charge in [0.25, 0.3) is 0 Å². The molecule has 0 amide bonds. The second-order valence-electron chi connectivity index (χ2n) is 4.26. The molecule has 1 fully saturated rings. The lowest BCUT2D eigenvalue weighted by molar-refractivity contribution is -0.0471. The highest BCUT2D eigenvalue weighted by atomic mass is 16.5. The van der Waals surface area contributed by atoms with Crippen molar-refractivity contribution in [1.29, 1.82) is 0 Å². The van der Waals surface area contributed by atoms with E-state index in [1.54, 1.807) is 13.2 Å². The summed E-state index contributed by atoms with van der Waals surface area (Å²) < 4.78 is 5.51. The molecule has 0 aromatic rings. The summed E-state index contributed by atoms with van der Waals surface area (Å²) in [6.45, 7) is 2.49. The van der Waals surface area contributed by atoms with Crippen molar-refractivity contribution in [3.05, 3.63) is 0 Å². The van der Waals surface area contributed by atoms with E-state index in [9.17, 15) is 4.79 Å². The highest BCUT2D eigenvalue weighted by Gasteiger charge is 2.34. The lowest BCUT2D eigenvalue weighted by Crippen LogP contribution is -2.41. The van der Waals surface area contributed by atoms with Crippen molar-refractivity contribution in [2.75, 3.05) is 13.7 Å². The smallest absolute Gasteiger partial charge is 0.235 e. The van der Waals surface area contributed by atoms with E-state index >= 15 is 0 Å². The molecular formula is C11H19NO2. The molecule has 1 aliphatic rings. The van der Waals surface area contributed by atoms with Gasteiger partial charge in [0.15, 0.2) is 0 Å². The van der Waals surface area contributed by atoms with E-state index < -0.39 is 0 Å². The SMILES string of the molecule is COC(C)(CN=C=O)C1CCCCC1. The summed E-state index contributed by atoms with van der Waals surface area (Å²) in [6, 6.07) is 0. The van der Waals surface area contributed by atoms with Gasteiger partial charge in [-0.3, -0.25) is 0 Å². The summed E-state index contributed by atoms with van der Waals surface area (Å²) in [5.41, 5.74) is -0.266. The molecule has 3 heteroatoms. The third kappa shape index (κ3) is 2.66. The predicted octanol–water partition coefficient (Wildman–Crippen LogP) is 2.31. The van der Waals surface area contributed by atoms with Crippen molar-refractivity contribution >= 4 is 6.08 Å². The summed E-state index contributed by atoms with van der Waals surface area (Å²) in [6.07, 6.45) is 7.85. The summed E-state index contributed by atoms with van der Waals surface area (Å²) >= 11 is 0. The fourth-order valence-electron chi connectivity index (χ4n) is 2.26. The van der Waals surface area contributed by atoms with Gasteiger partial charge in [-0.1, -0.05) is 19.3 Å². The molecule has 3 nitrogen and oxygen atoms in total. The normalized spacial score (nSPS) is 22.4. The molecular weight excluding hydrogens is 178 g/mol. The zero-order valence-electron chi connectivity index (χ0n) is 9.08. The van der Waals surface area contributed by atoms with Gasteiger partial charge >= 0.3 is 0 Å². The Hall–Kier alpha value is -0.660. The van der Waals surface area contributed by atoms with Crippen LogP contribution >= 0.6 is 0 Å². The second-order valence-corrected chi connectivity index (χ2v) is 4.26. The molecule has 1 atom stereocenters. The highest BCUT2D eigenvalue weighted by Crippen LogP contribution is 2.34. The zero-order chi connectivity index (χ0) is 10.4. The van der Waals surface area contributed by atoms with Crippen molar-refractivity contribution in [3.63, 3.8) is 0 Å². The number of nitrogens with zero attached hydrogens (tertiary/aromatic N) is 1. The molecule has 0 aliphatic heterocycles. The minimum Gasteiger partial charge on any atom is -0.376 e. The van der Waals surface area contributed by atoms with E-state index in [0.717, 1.165) is 0 Å². The average molecular weight is 197 g/mol. The summed E-state index contributed by atoms with van der Waals surface area (Å²) in [5.74, 6) is 0.540. The van der Waals surface area contributed by atoms with Gasteiger partial charge in [-0.15, -0.1) is 0 Å². The van der Waals surface area contributed by atoms with Gasteiger partial charge in [0.05, 0.1) is 12.1 Å². The quantitative estimate of drug-likeness (QED) is 0.512. The third-order valence-electron chi connectivity index (χ3n) is 3.39. The van der Waals surface area contributed by atoms with Crippen LogP contribution in [0.4, 0.5) is 0 Å². The number of methoxy groups -OCH3 is 1. The molecule has 0 aromatic carbocycles. The van der Waals surface area contributed by atoms with Crippen molar-refractivity contribution < 1.29 is 9.53 Å². The first-order valence-corrected chi connectivity index (χ1v) is 5.32. The minimum absolute atomic E-state index is 0.266. The number of aliphatic imine (C=N–C) groups is 1. The molecule has 0 N–H and O–H groups in total. The van der Waals surface area contributed by atoms with Crippen LogP contribution in [0.2, 0.25) is 0 Å². The molecule has 0 bridgehead atoms. The van der Waals surface area contributed by atoms with Gasteiger partial charge < -0.3 is 4.74 Å². The largest absolute Gasteiger partial charge is 0.376 e. The van der Waals surface area contributed by atoms with Crippen LogP contribution in [0.25, 0.3) is 0 Å². The fraction of sp³-hybridized carbons (Fsp3) is 0.909. The molecule has 0 heterocycles. The van der Waals surface area contributed by atoms with E-state index in [1.165, 1.54) is 32.1 Å². The summed E-state index contributed by atoms with van der Waals surface area (Å²) in [5, 5.41) is 0. The van der Waals surface area contributed by atoms with Crippen LogP contribution in [0.15, 0.2) is 4.99 Å². The Labute approximate surface area is 85.6 Å². The maximum Gasteiger partial charge on any atom is 0.235 e. The van der Waals surface area contributed by atoms with Crippen LogP contribution in [0.5, 0.6) is 0 Å². The van der Waals surface area contributed by atoms with Gasteiger partial charge in [0.1, 0.15) is 0 Å². The number of hydrogen-bond donors (Lipinski definition) is 0. The van der Waals surface area contributed by atoms with Crippen molar-refractivity contribution in [2.24, 2.45) is 10.9 Å². The standard InChI is InChI=1S/C11H19NO2/c1-11(14-2,8-12-9-13)10-6-4-3-5-7-10/h10H,3-8H2,1-2H3. The molecule has 14 heavy (non-hydrogen) atoms. The van der Waals surface area contributed by atoms with Gasteiger partial charge in [0, 0.05) is 7.11 Å². The number of rotatable bonds is 4. The average Bonchev–Trinajstić information content (AvgIpc) is 2.27. The summed E-state index contributed by atoms with van der Waals surface area (Å²) in [4.78, 5) is 13.8. The van der Waals surface area contributed by atoms with Crippen LogP contribution in [-0.2, 0) is 9.53 Å². The van der Waals surface area contributed by atoms with Crippen LogP contribution in [0, 0.1) is 5.92 Å². The van der Waals surface area contributed by atoms with Crippen molar-refractivity contribution in [3.8, 4) is 0 Å². The third-order valence-corrected chi connectivity index (χ3v) is 3.39. The van der Waals surface area contributed by atoms with Crippen molar-refractivity contribution in [1.82, 2.24) is 0 Å². The van der Waals surface area contributed by atoms with E-state index in [0.29, 0.717) is 12.5 Å². The van der Waals surface area contributed by atoms with Gasteiger partial charge in [-0.05, 0) is 25.7 Å². The van der Waals surface area contributed by atoms with E-state index in [2.05, 4.69) is 4.99 Å². The summed E-state index contributed by atoms with van der Waals surface area (Å²) in [7, 11) is 1.70. The Balaban J connectivity index is 2.60. The first-order valence-electron chi connectivity index (χ1n) is 5.32. The van der Waals surface area contributed by atoms with Gasteiger partial charge in [-0.2, -0.15) is 0 Å². The highest BCUT2D eigenvalue weighted by molar-refractivity contribution is 5.33. The van der Waals surface area contributed by atoms with Crippen LogP contribution in [0.3, 0.4) is 0 Å². The monoisotopic (exact) mass is 197 g/mol. The molecule has 0 spiro atoms. The van der Waals surface area contributed by atoms with Crippen LogP contribution in [-0.4, -0.2) is 25.3 Å². The van der Waals surface area contributed by atoms with Gasteiger partial charge in [0.2, 0.25) is 6.08 Å².